The smallest absolute Gasteiger partial charge is 0.213 e. The minimum atomic E-state index is -3.43. The van der Waals surface area contributed by atoms with Crippen LogP contribution in [0.2, 0.25) is 0 Å². The third-order valence-electron chi connectivity index (χ3n) is 4.16. The van der Waals surface area contributed by atoms with E-state index >= 15 is 0 Å². The van der Waals surface area contributed by atoms with Crippen molar-refractivity contribution in [3.63, 3.8) is 0 Å². The first-order valence-electron chi connectivity index (χ1n) is 9.54. The van der Waals surface area contributed by atoms with Crippen LogP contribution in [0.3, 0.4) is 0 Å². The number of hydrogen-bond donors (Lipinski definition) is 4. The number of sulfonamides is 1. The molecule has 2 aromatic rings. The molecule has 0 aliphatic carbocycles. The second-order valence-corrected chi connectivity index (χ2v) is 8.86. The summed E-state index contributed by atoms with van der Waals surface area (Å²) in [6, 6.07) is 12.8. The predicted octanol–water partition coefficient (Wildman–Crippen LogP) is 2.09. The number of furan rings is 1. The predicted molar refractivity (Wildman–Crippen MR) is 129 cm³/mol. The Morgan fingerprint density at radius 3 is 2.47 bits per heavy atom. The first kappa shape index (κ1) is 26.4. The van der Waals surface area contributed by atoms with Crippen LogP contribution in [0.4, 0.5) is 0 Å². The number of aliphatic hydroxyl groups is 1. The molecule has 0 aliphatic heterocycles. The van der Waals surface area contributed by atoms with Gasteiger partial charge < -0.3 is 20.2 Å². The molecule has 8 nitrogen and oxygen atoms in total. The van der Waals surface area contributed by atoms with Crippen LogP contribution in [0.25, 0.3) is 0 Å². The van der Waals surface area contributed by atoms with Crippen molar-refractivity contribution in [3.8, 4) is 0 Å². The minimum Gasteiger partial charge on any atom is -0.463 e. The number of nitrogens with one attached hydrogen (secondary N) is 3. The van der Waals surface area contributed by atoms with Crippen molar-refractivity contribution in [2.24, 2.45) is 4.99 Å². The molecule has 0 fully saturated rings. The first-order chi connectivity index (χ1) is 13.7. The molecular formula is C20H31IN4O4S. The molecule has 1 aromatic heterocycles. The van der Waals surface area contributed by atoms with Crippen LogP contribution in [-0.2, 0) is 22.2 Å². The van der Waals surface area contributed by atoms with E-state index in [2.05, 4.69) is 20.3 Å². The summed E-state index contributed by atoms with van der Waals surface area (Å²) in [5.41, 5.74) is -0.366. The molecule has 1 aromatic carbocycles. The molecule has 1 atom stereocenters. The summed E-state index contributed by atoms with van der Waals surface area (Å²) in [5.74, 6) is 1.47. The molecule has 0 amide bonds. The molecule has 0 spiro atoms. The zero-order valence-electron chi connectivity index (χ0n) is 17.5. The molecule has 1 heterocycles. The number of rotatable bonds is 10. The quantitative estimate of drug-likeness (QED) is 0.205. The van der Waals surface area contributed by atoms with Gasteiger partial charge in [0, 0.05) is 19.6 Å². The van der Waals surface area contributed by atoms with Crippen molar-refractivity contribution in [2.75, 3.05) is 25.4 Å². The fourth-order valence-corrected chi connectivity index (χ4v) is 3.44. The van der Waals surface area contributed by atoms with Crippen LogP contribution in [0, 0.1) is 6.92 Å². The van der Waals surface area contributed by atoms with Gasteiger partial charge in [-0.3, -0.25) is 0 Å². The number of guanidine groups is 1. The summed E-state index contributed by atoms with van der Waals surface area (Å²) in [4.78, 5) is 4.35. The maximum absolute atomic E-state index is 12.2. The lowest BCUT2D eigenvalue weighted by molar-refractivity contribution is 0.0428. The Morgan fingerprint density at radius 1 is 1.17 bits per heavy atom. The number of aryl methyl sites for hydroxylation is 1. The van der Waals surface area contributed by atoms with E-state index in [0.717, 1.165) is 5.56 Å². The van der Waals surface area contributed by atoms with Crippen molar-refractivity contribution >= 4 is 40.0 Å². The second kappa shape index (κ2) is 12.3. The van der Waals surface area contributed by atoms with Crippen LogP contribution in [0.1, 0.15) is 30.9 Å². The molecular weight excluding hydrogens is 519 g/mol. The number of benzene rings is 1. The van der Waals surface area contributed by atoms with E-state index in [1.54, 1.807) is 26.0 Å². The summed E-state index contributed by atoms with van der Waals surface area (Å²) in [7, 11) is -3.43. The van der Waals surface area contributed by atoms with Crippen LogP contribution >= 0.6 is 24.0 Å². The van der Waals surface area contributed by atoms with Gasteiger partial charge in [0.2, 0.25) is 10.0 Å². The van der Waals surface area contributed by atoms with E-state index in [1.807, 2.05) is 37.3 Å². The van der Waals surface area contributed by atoms with Crippen LogP contribution in [-0.4, -0.2) is 44.9 Å². The van der Waals surface area contributed by atoms with Crippen LogP contribution in [0.5, 0.6) is 0 Å². The standard InChI is InChI=1S/C20H30N4O4S.HI/c1-4-21-19(23-15-20(3,25)18-11-10-16(2)28-18)22-12-13-29(26,27)24-14-17-8-6-5-7-9-17;/h5-11,24-25H,4,12-15H2,1-3H3,(H2,21,22,23);1H. The zero-order valence-corrected chi connectivity index (χ0v) is 20.7. The zero-order chi connectivity index (χ0) is 21.3. The van der Waals surface area contributed by atoms with Gasteiger partial charge in [-0.15, -0.1) is 24.0 Å². The first-order valence-corrected chi connectivity index (χ1v) is 11.2. The molecule has 0 saturated heterocycles. The van der Waals surface area contributed by atoms with E-state index in [-0.39, 0.29) is 49.4 Å². The summed E-state index contributed by atoms with van der Waals surface area (Å²) in [5, 5.41) is 16.6. The molecule has 0 bridgehead atoms. The fraction of sp³-hybridized carbons (Fsp3) is 0.450. The van der Waals surface area contributed by atoms with Gasteiger partial charge in [0.05, 0.1) is 12.3 Å². The molecule has 10 heteroatoms. The third-order valence-corrected chi connectivity index (χ3v) is 5.49. The van der Waals surface area contributed by atoms with E-state index in [4.69, 9.17) is 4.42 Å². The molecule has 0 saturated carbocycles. The second-order valence-electron chi connectivity index (χ2n) is 6.93. The Kier molecular flexibility index (Phi) is 10.8. The van der Waals surface area contributed by atoms with Crippen molar-refractivity contribution in [1.82, 2.24) is 15.4 Å². The summed E-state index contributed by atoms with van der Waals surface area (Å²) in [6.07, 6.45) is 0. The molecule has 0 aliphatic rings. The number of aliphatic imine (C=N–C) groups is 1. The van der Waals surface area contributed by atoms with Gasteiger partial charge in [-0.1, -0.05) is 30.3 Å². The average molecular weight is 550 g/mol. The number of halogens is 1. The monoisotopic (exact) mass is 550 g/mol. The molecule has 0 radical (unpaired) electrons. The van der Waals surface area contributed by atoms with E-state index in [9.17, 15) is 13.5 Å². The largest absolute Gasteiger partial charge is 0.463 e. The van der Waals surface area contributed by atoms with Crippen LogP contribution in [0.15, 0.2) is 51.9 Å². The van der Waals surface area contributed by atoms with Crippen molar-refractivity contribution in [3.05, 3.63) is 59.5 Å². The van der Waals surface area contributed by atoms with Crippen molar-refractivity contribution in [1.29, 1.82) is 0 Å². The molecule has 4 N–H and O–H groups in total. The molecule has 2 rings (SSSR count). The summed E-state index contributed by atoms with van der Waals surface area (Å²) >= 11 is 0. The minimum absolute atomic E-state index is 0. The third kappa shape index (κ3) is 9.02. The Hall–Kier alpha value is -1.63. The summed E-state index contributed by atoms with van der Waals surface area (Å²) in [6.45, 7) is 6.43. The van der Waals surface area contributed by atoms with E-state index in [1.165, 1.54) is 0 Å². The molecule has 1 unspecified atom stereocenters. The maximum atomic E-state index is 12.2. The van der Waals surface area contributed by atoms with Crippen molar-refractivity contribution < 1.29 is 17.9 Å². The lowest BCUT2D eigenvalue weighted by Crippen LogP contribution is -2.42. The van der Waals surface area contributed by atoms with Crippen LogP contribution < -0.4 is 15.4 Å². The lowest BCUT2D eigenvalue weighted by Gasteiger charge is -2.19. The van der Waals surface area contributed by atoms with Gasteiger partial charge in [-0.05, 0) is 38.5 Å². The lowest BCUT2D eigenvalue weighted by atomic mass is 10.0. The topological polar surface area (TPSA) is 116 Å². The number of nitrogens with zero attached hydrogens (tertiary/aromatic N) is 1. The highest BCUT2D eigenvalue weighted by atomic mass is 127. The Morgan fingerprint density at radius 2 is 1.87 bits per heavy atom. The SMILES string of the molecule is CCNC(=NCC(C)(O)c1ccc(C)o1)NCCS(=O)(=O)NCc1ccccc1.I. The van der Waals surface area contributed by atoms with Gasteiger partial charge in [-0.2, -0.15) is 0 Å². The average Bonchev–Trinajstić information content (AvgIpc) is 3.13. The molecule has 30 heavy (non-hydrogen) atoms. The van der Waals surface area contributed by atoms with Gasteiger partial charge in [0.25, 0.3) is 0 Å². The van der Waals surface area contributed by atoms with Gasteiger partial charge >= 0.3 is 0 Å². The highest BCUT2D eigenvalue weighted by molar-refractivity contribution is 14.0. The summed E-state index contributed by atoms with van der Waals surface area (Å²) < 4.78 is 32.4. The Balaban J connectivity index is 0.00000450. The van der Waals surface area contributed by atoms with Crippen molar-refractivity contribution in [2.45, 2.75) is 32.9 Å². The Bertz CT molecular complexity index is 899. The van der Waals surface area contributed by atoms with Gasteiger partial charge in [-0.25, -0.2) is 18.1 Å². The molecule has 168 valence electrons. The van der Waals surface area contributed by atoms with Gasteiger partial charge in [0.1, 0.15) is 17.1 Å². The van der Waals surface area contributed by atoms with Gasteiger partial charge in [0.15, 0.2) is 5.96 Å². The van der Waals surface area contributed by atoms with E-state index < -0.39 is 15.6 Å². The van der Waals surface area contributed by atoms with E-state index in [0.29, 0.717) is 24.0 Å². The highest BCUT2D eigenvalue weighted by Crippen LogP contribution is 2.22. The normalized spacial score (nSPS) is 13.9. The fourth-order valence-electron chi connectivity index (χ4n) is 2.54. The Labute approximate surface area is 195 Å². The number of hydrogen-bond acceptors (Lipinski definition) is 5. The highest BCUT2D eigenvalue weighted by Gasteiger charge is 2.26. The maximum Gasteiger partial charge on any atom is 0.213 e.